The van der Waals surface area contributed by atoms with Crippen LogP contribution in [0.15, 0.2) is 0 Å². The number of hydrogen-bond acceptors (Lipinski definition) is 3. The van der Waals surface area contributed by atoms with Crippen molar-refractivity contribution in [2.24, 2.45) is 5.73 Å². The minimum atomic E-state index is -0.667. The van der Waals surface area contributed by atoms with E-state index in [4.69, 9.17) is 15.7 Å². The van der Waals surface area contributed by atoms with Crippen LogP contribution in [0.4, 0.5) is 0 Å². The molecule has 0 aromatic carbocycles. The molecule has 0 saturated carbocycles. The summed E-state index contributed by atoms with van der Waals surface area (Å²) in [6, 6.07) is 2.16. The molecule has 0 spiro atoms. The number of ether oxygens (including phenoxy) is 1. The Hall–Kier alpha value is -0.590. The summed E-state index contributed by atoms with van der Waals surface area (Å²) >= 11 is 0. The van der Waals surface area contributed by atoms with Crippen molar-refractivity contribution in [3.05, 3.63) is 0 Å². The van der Waals surface area contributed by atoms with E-state index in [2.05, 4.69) is 26.8 Å². The van der Waals surface area contributed by atoms with E-state index >= 15 is 0 Å². The van der Waals surface area contributed by atoms with Crippen LogP contribution in [-0.2, 0) is 4.74 Å². The molecule has 0 aromatic heterocycles. The van der Waals surface area contributed by atoms with Crippen LogP contribution in [0.5, 0.6) is 0 Å². The highest BCUT2D eigenvalue weighted by atomic mass is 16.5. The van der Waals surface area contributed by atoms with Crippen LogP contribution in [0.1, 0.15) is 53.4 Å². The standard InChI is InChI=1S/C12H24N2O/c1-5-11(3,4)15-9-7-8-12(14,6-2)10-13/h5-9,14H2,1-4H3. The number of hydrogen-bond donors (Lipinski definition) is 1. The lowest BCUT2D eigenvalue weighted by Crippen LogP contribution is -2.37. The topological polar surface area (TPSA) is 59.0 Å². The molecule has 0 aliphatic carbocycles. The van der Waals surface area contributed by atoms with Crippen LogP contribution >= 0.6 is 0 Å². The molecule has 0 rings (SSSR count). The van der Waals surface area contributed by atoms with Crippen LogP contribution in [-0.4, -0.2) is 17.7 Å². The Morgan fingerprint density at radius 2 is 1.87 bits per heavy atom. The summed E-state index contributed by atoms with van der Waals surface area (Å²) in [5, 5.41) is 8.87. The second kappa shape index (κ2) is 6.09. The van der Waals surface area contributed by atoms with Gasteiger partial charge in [-0.2, -0.15) is 5.26 Å². The third kappa shape index (κ3) is 5.76. The van der Waals surface area contributed by atoms with Crippen LogP contribution in [0.3, 0.4) is 0 Å². The highest BCUT2D eigenvalue weighted by molar-refractivity contribution is 5.03. The molecule has 0 amide bonds. The van der Waals surface area contributed by atoms with Gasteiger partial charge in [-0.3, -0.25) is 0 Å². The molecular weight excluding hydrogens is 188 g/mol. The van der Waals surface area contributed by atoms with Gasteiger partial charge < -0.3 is 10.5 Å². The molecule has 0 bridgehead atoms. The zero-order chi connectivity index (χ0) is 11.9. The number of rotatable bonds is 7. The Morgan fingerprint density at radius 3 is 2.27 bits per heavy atom. The Bertz CT molecular complexity index is 220. The van der Waals surface area contributed by atoms with E-state index in [9.17, 15) is 0 Å². The van der Waals surface area contributed by atoms with Crippen molar-refractivity contribution in [3.63, 3.8) is 0 Å². The van der Waals surface area contributed by atoms with Crippen LogP contribution in [0.25, 0.3) is 0 Å². The SMILES string of the molecule is CCC(N)(C#N)CCCOC(C)(C)CC. The van der Waals surface area contributed by atoms with E-state index in [0.717, 1.165) is 12.8 Å². The molecule has 3 heteroatoms. The minimum Gasteiger partial charge on any atom is -0.376 e. The zero-order valence-electron chi connectivity index (χ0n) is 10.5. The predicted molar refractivity (Wildman–Crippen MR) is 62.4 cm³/mol. The average Bonchev–Trinajstić information content (AvgIpc) is 2.24. The summed E-state index contributed by atoms with van der Waals surface area (Å²) in [6.07, 6.45) is 3.24. The molecule has 0 aliphatic heterocycles. The maximum absolute atomic E-state index is 8.87. The Balaban J connectivity index is 3.77. The number of nitrogens with zero attached hydrogens (tertiary/aromatic N) is 1. The van der Waals surface area contributed by atoms with Gasteiger partial charge in [-0.15, -0.1) is 0 Å². The van der Waals surface area contributed by atoms with Crippen LogP contribution in [0.2, 0.25) is 0 Å². The number of nitriles is 1. The second-order valence-corrected chi connectivity index (χ2v) is 4.69. The van der Waals surface area contributed by atoms with E-state index in [1.807, 2.05) is 6.92 Å². The Labute approximate surface area is 93.6 Å². The average molecular weight is 212 g/mol. The lowest BCUT2D eigenvalue weighted by atomic mass is 9.94. The maximum Gasteiger partial charge on any atom is 0.104 e. The van der Waals surface area contributed by atoms with E-state index in [0.29, 0.717) is 19.4 Å². The fourth-order valence-corrected chi connectivity index (χ4v) is 1.15. The molecule has 0 fully saturated rings. The molecule has 15 heavy (non-hydrogen) atoms. The van der Waals surface area contributed by atoms with Gasteiger partial charge in [0, 0.05) is 6.61 Å². The van der Waals surface area contributed by atoms with Gasteiger partial charge in [0.1, 0.15) is 5.54 Å². The summed E-state index contributed by atoms with van der Waals surface area (Å²) < 4.78 is 5.70. The van der Waals surface area contributed by atoms with Crippen molar-refractivity contribution in [2.45, 2.75) is 64.5 Å². The Morgan fingerprint density at radius 1 is 1.27 bits per heavy atom. The van der Waals surface area contributed by atoms with Crippen molar-refractivity contribution in [1.29, 1.82) is 5.26 Å². The molecule has 0 heterocycles. The first-order chi connectivity index (χ1) is 6.89. The summed E-state index contributed by atoms with van der Waals surface area (Å²) in [4.78, 5) is 0. The minimum absolute atomic E-state index is 0.0594. The highest BCUT2D eigenvalue weighted by Crippen LogP contribution is 2.17. The predicted octanol–water partition coefficient (Wildman–Crippen LogP) is 2.60. The lowest BCUT2D eigenvalue weighted by molar-refractivity contribution is -0.0226. The van der Waals surface area contributed by atoms with Crippen molar-refractivity contribution in [3.8, 4) is 6.07 Å². The summed E-state index contributed by atoms with van der Waals surface area (Å²) in [5.41, 5.74) is 5.14. The molecule has 1 atom stereocenters. The van der Waals surface area contributed by atoms with Crippen molar-refractivity contribution < 1.29 is 4.74 Å². The van der Waals surface area contributed by atoms with Crippen LogP contribution in [0, 0.1) is 11.3 Å². The van der Waals surface area contributed by atoms with Gasteiger partial charge >= 0.3 is 0 Å². The van der Waals surface area contributed by atoms with E-state index < -0.39 is 5.54 Å². The molecule has 0 radical (unpaired) electrons. The molecule has 88 valence electrons. The van der Waals surface area contributed by atoms with E-state index in [1.54, 1.807) is 0 Å². The molecule has 3 nitrogen and oxygen atoms in total. The largest absolute Gasteiger partial charge is 0.376 e. The summed E-state index contributed by atoms with van der Waals surface area (Å²) in [6.45, 7) is 8.88. The fraction of sp³-hybridized carbons (Fsp3) is 0.917. The summed E-state index contributed by atoms with van der Waals surface area (Å²) in [7, 11) is 0. The van der Waals surface area contributed by atoms with Gasteiger partial charge in [-0.25, -0.2) is 0 Å². The zero-order valence-corrected chi connectivity index (χ0v) is 10.5. The van der Waals surface area contributed by atoms with Gasteiger partial charge in [0.15, 0.2) is 0 Å². The van der Waals surface area contributed by atoms with Crippen molar-refractivity contribution in [2.75, 3.05) is 6.61 Å². The van der Waals surface area contributed by atoms with Crippen LogP contribution < -0.4 is 5.73 Å². The van der Waals surface area contributed by atoms with Gasteiger partial charge in [0.2, 0.25) is 0 Å². The monoisotopic (exact) mass is 212 g/mol. The molecule has 0 aromatic rings. The first kappa shape index (κ1) is 14.4. The first-order valence-corrected chi connectivity index (χ1v) is 5.73. The molecule has 2 N–H and O–H groups in total. The van der Waals surface area contributed by atoms with E-state index in [-0.39, 0.29) is 5.60 Å². The van der Waals surface area contributed by atoms with Gasteiger partial charge in [-0.05, 0) is 39.5 Å². The first-order valence-electron chi connectivity index (χ1n) is 5.73. The fourth-order valence-electron chi connectivity index (χ4n) is 1.15. The van der Waals surface area contributed by atoms with E-state index in [1.165, 1.54) is 0 Å². The Kier molecular flexibility index (Phi) is 5.85. The second-order valence-electron chi connectivity index (χ2n) is 4.69. The maximum atomic E-state index is 8.87. The van der Waals surface area contributed by atoms with Gasteiger partial charge in [-0.1, -0.05) is 13.8 Å². The molecule has 1 unspecified atom stereocenters. The van der Waals surface area contributed by atoms with Gasteiger partial charge in [0.05, 0.1) is 11.7 Å². The molecule has 0 saturated heterocycles. The lowest BCUT2D eigenvalue weighted by Gasteiger charge is -2.25. The van der Waals surface area contributed by atoms with Gasteiger partial charge in [0.25, 0.3) is 0 Å². The third-order valence-electron chi connectivity index (χ3n) is 2.97. The quantitative estimate of drug-likeness (QED) is 0.660. The summed E-state index contributed by atoms with van der Waals surface area (Å²) in [5.74, 6) is 0. The van der Waals surface area contributed by atoms with Crippen molar-refractivity contribution >= 4 is 0 Å². The molecular formula is C12H24N2O. The number of nitrogens with two attached hydrogens (primary N) is 1. The molecule has 0 aliphatic rings. The smallest absolute Gasteiger partial charge is 0.104 e. The normalized spacial score (nSPS) is 15.7. The highest BCUT2D eigenvalue weighted by Gasteiger charge is 2.22. The van der Waals surface area contributed by atoms with Crippen molar-refractivity contribution in [1.82, 2.24) is 0 Å². The third-order valence-corrected chi connectivity index (χ3v) is 2.97.